The summed E-state index contributed by atoms with van der Waals surface area (Å²) in [5.74, 6) is -1.14. The topological polar surface area (TPSA) is 101 Å². The van der Waals surface area contributed by atoms with Crippen molar-refractivity contribution in [1.29, 1.82) is 0 Å². The molecule has 2 aromatic rings. The van der Waals surface area contributed by atoms with Gasteiger partial charge in [-0.1, -0.05) is 25.1 Å². The molecule has 1 atom stereocenters. The third-order valence-electron chi connectivity index (χ3n) is 3.24. The van der Waals surface area contributed by atoms with E-state index in [9.17, 15) is 14.4 Å². The maximum Gasteiger partial charge on any atom is 0.359 e. The van der Waals surface area contributed by atoms with Gasteiger partial charge in [0, 0.05) is 11.4 Å². The molecule has 2 N–H and O–H groups in total. The van der Waals surface area contributed by atoms with Crippen LogP contribution in [-0.2, 0) is 9.53 Å². The number of aromatic nitrogens is 2. The minimum Gasteiger partial charge on any atom is -0.451 e. The lowest BCUT2D eigenvalue weighted by Gasteiger charge is -2.11. The summed E-state index contributed by atoms with van der Waals surface area (Å²) in [6, 6.07) is 6.58. The van der Waals surface area contributed by atoms with Crippen LogP contribution in [0, 0.1) is 0 Å². The molecule has 22 heavy (non-hydrogen) atoms. The largest absolute Gasteiger partial charge is 0.451 e. The van der Waals surface area contributed by atoms with Crippen LogP contribution in [0.2, 0.25) is 0 Å². The second kappa shape index (κ2) is 6.84. The van der Waals surface area contributed by atoms with Gasteiger partial charge in [-0.2, -0.15) is 5.10 Å². The van der Waals surface area contributed by atoms with E-state index < -0.39 is 12.6 Å². The summed E-state index contributed by atoms with van der Waals surface area (Å²) in [7, 11) is 0. The lowest BCUT2D eigenvalue weighted by molar-refractivity contribution is -0.124. The van der Waals surface area contributed by atoms with Crippen LogP contribution in [0.25, 0.3) is 10.8 Å². The number of ether oxygens (including phenoxy) is 1. The number of rotatable bonds is 5. The SMILES string of the molecule is CC[C@H](C)NC(=O)COC(=O)c1n[nH]c(=O)c2ccccc12. The summed E-state index contributed by atoms with van der Waals surface area (Å²) < 4.78 is 4.95. The van der Waals surface area contributed by atoms with Gasteiger partial charge in [0.05, 0.1) is 5.39 Å². The van der Waals surface area contributed by atoms with E-state index >= 15 is 0 Å². The molecule has 0 radical (unpaired) electrons. The van der Waals surface area contributed by atoms with Gasteiger partial charge in [0.1, 0.15) is 0 Å². The molecule has 0 aliphatic heterocycles. The fourth-order valence-corrected chi connectivity index (χ4v) is 1.89. The average molecular weight is 303 g/mol. The van der Waals surface area contributed by atoms with Crippen molar-refractivity contribution < 1.29 is 14.3 Å². The monoisotopic (exact) mass is 303 g/mol. The molecule has 0 saturated carbocycles. The molecule has 0 saturated heterocycles. The maximum absolute atomic E-state index is 12.0. The molecule has 1 aromatic heterocycles. The van der Waals surface area contributed by atoms with Crippen LogP contribution in [0.5, 0.6) is 0 Å². The van der Waals surface area contributed by atoms with E-state index in [0.717, 1.165) is 6.42 Å². The minimum atomic E-state index is -0.758. The fourth-order valence-electron chi connectivity index (χ4n) is 1.89. The number of nitrogens with zero attached hydrogens (tertiary/aromatic N) is 1. The Morgan fingerprint density at radius 3 is 2.68 bits per heavy atom. The van der Waals surface area contributed by atoms with Crippen LogP contribution in [0.1, 0.15) is 30.8 Å². The van der Waals surface area contributed by atoms with Gasteiger partial charge in [-0.15, -0.1) is 0 Å². The molecule has 1 heterocycles. The highest BCUT2D eigenvalue weighted by molar-refractivity contribution is 6.02. The quantitative estimate of drug-likeness (QED) is 0.802. The van der Waals surface area contributed by atoms with Gasteiger partial charge in [0.2, 0.25) is 0 Å². The number of aromatic amines is 1. The fraction of sp³-hybridized carbons (Fsp3) is 0.333. The standard InChI is InChI=1S/C15H17N3O4/c1-3-9(2)16-12(19)8-22-15(21)13-10-6-4-5-7-11(10)14(20)18-17-13/h4-7,9H,3,8H2,1-2H3,(H,16,19)(H,18,20)/t9-/m0/s1. The van der Waals surface area contributed by atoms with Crippen LogP contribution in [0.4, 0.5) is 0 Å². The normalized spacial score (nSPS) is 11.9. The smallest absolute Gasteiger partial charge is 0.359 e. The van der Waals surface area contributed by atoms with Crippen molar-refractivity contribution in [3.63, 3.8) is 0 Å². The van der Waals surface area contributed by atoms with Crippen molar-refractivity contribution in [1.82, 2.24) is 15.5 Å². The Balaban J connectivity index is 2.12. The van der Waals surface area contributed by atoms with E-state index in [-0.39, 0.29) is 23.2 Å². The van der Waals surface area contributed by atoms with Crippen LogP contribution in [0.15, 0.2) is 29.1 Å². The zero-order valence-electron chi connectivity index (χ0n) is 12.4. The molecule has 1 amide bonds. The Morgan fingerprint density at radius 2 is 2.00 bits per heavy atom. The van der Waals surface area contributed by atoms with E-state index in [1.807, 2.05) is 13.8 Å². The summed E-state index contributed by atoms with van der Waals surface area (Å²) in [5, 5.41) is 9.38. The van der Waals surface area contributed by atoms with Crippen LogP contribution >= 0.6 is 0 Å². The van der Waals surface area contributed by atoms with E-state index in [2.05, 4.69) is 15.5 Å². The van der Waals surface area contributed by atoms with E-state index in [0.29, 0.717) is 10.8 Å². The summed E-state index contributed by atoms with van der Waals surface area (Å²) in [4.78, 5) is 35.3. The average Bonchev–Trinajstić information content (AvgIpc) is 2.53. The van der Waals surface area contributed by atoms with Crippen molar-refractivity contribution in [3.05, 3.63) is 40.3 Å². The van der Waals surface area contributed by atoms with Crippen molar-refractivity contribution >= 4 is 22.6 Å². The van der Waals surface area contributed by atoms with Crippen LogP contribution in [-0.4, -0.2) is 34.7 Å². The Bertz CT molecular complexity index is 754. The summed E-state index contributed by atoms with van der Waals surface area (Å²) in [5.41, 5.74) is -0.409. The lowest BCUT2D eigenvalue weighted by atomic mass is 10.1. The highest BCUT2D eigenvalue weighted by Gasteiger charge is 2.17. The first-order valence-corrected chi connectivity index (χ1v) is 6.96. The van der Waals surface area contributed by atoms with Gasteiger partial charge in [0.25, 0.3) is 11.5 Å². The number of H-pyrrole nitrogens is 1. The Hall–Kier alpha value is -2.70. The molecule has 0 spiro atoms. The van der Waals surface area contributed by atoms with Gasteiger partial charge in [-0.3, -0.25) is 9.59 Å². The number of hydrogen-bond donors (Lipinski definition) is 2. The number of benzene rings is 1. The summed E-state index contributed by atoms with van der Waals surface area (Å²) >= 11 is 0. The molecule has 1 aromatic carbocycles. The third kappa shape index (κ3) is 3.49. The van der Waals surface area contributed by atoms with Crippen molar-refractivity contribution in [2.24, 2.45) is 0 Å². The molecule has 0 fully saturated rings. The Kier molecular flexibility index (Phi) is 4.88. The number of nitrogens with one attached hydrogen (secondary N) is 2. The van der Waals surface area contributed by atoms with Gasteiger partial charge in [-0.05, 0) is 19.4 Å². The first-order chi connectivity index (χ1) is 10.5. The highest BCUT2D eigenvalue weighted by atomic mass is 16.5. The summed E-state index contributed by atoms with van der Waals surface area (Å²) in [6.45, 7) is 3.41. The summed E-state index contributed by atoms with van der Waals surface area (Å²) in [6.07, 6.45) is 0.784. The lowest BCUT2D eigenvalue weighted by Crippen LogP contribution is -2.35. The number of esters is 1. The van der Waals surface area contributed by atoms with Gasteiger partial charge < -0.3 is 10.1 Å². The van der Waals surface area contributed by atoms with Crippen molar-refractivity contribution in [2.45, 2.75) is 26.3 Å². The highest BCUT2D eigenvalue weighted by Crippen LogP contribution is 2.13. The molecule has 7 nitrogen and oxygen atoms in total. The second-order valence-electron chi connectivity index (χ2n) is 4.90. The molecule has 0 aliphatic carbocycles. The number of fused-ring (bicyclic) bond motifs is 1. The molecule has 2 rings (SSSR count). The number of amides is 1. The second-order valence-corrected chi connectivity index (χ2v) is 4.90. The molecular weight excluding hydrogens is 286 g/mol. The zero-order chi connectivity index (χ0) is 16.1. The number of carbonyl (C=O) groups is 2. The molecule has 0 unspecified atom stereocenters. The number of carbonyl (C=O) groups excluding carboxylic acids is 2. The van der Waals surface area contributed by atoms with Gasteiger partial charge in [0.15, 0.2) is 12.3 Å². The Labute approximate surface area is 126 Å². The molecule has 116 valence electrons. The van der Waals surface area contributed by atoms with Crippen molar-refractivity contribution in [2.75, 3.05) is 6.61 Å². The molecule has 7 heteroatoms. The van der Waals surface area contributed by atoms with Crippen LogP contribution < -0.4 is 10.9 Å². The Morgan fingerprint density at radius 1 is 1.32 bits per heavy atom. The van der Waals surface area contributed by atoms with E-state index in [1.165, 1.54) is 0 Å². The molecule has 0 bridgehead atoms. The maximum atomic E-state index is 12.0. The third-order valence-corrected chi connectivity index (χ3v) is 3.24. The molecule has 0 aliphatic rings. The van der Waals surface area contributed by atoms with Crippen molar-refractivity contribution in [3.8, 4) is 0 Å². The first kappa shape index (κ1) is 15.7. The molecular formula is C15H17N3O4. The van der Waals surface area contributed by atoms with Gasteiger partial charge >= 0.3 is 5.97 Å². The van der Waals surface area contributed by atoms with Crippen LogP contribution in [0.3, 0.4) is 0 Å². The zero-order valence-corrected chi connectivity index (χ0v) is 12.4. The van der Waals surface area contributed by atoms with Gasteiger partial charge in [-0.25, -0.2) is 9.89 Å². The number of hydrogen-bond acceptors (Lipinski definition) is 5. The minimum absolute atomic E-state index is 0.0123. The first-order valence-electron chi connectivity index (χ1n) is 6.96. The predicted molar refractivity (Wildman–Crippen MR) is 80.5 cm³/mol. The van der Waals surface area contributed by atoms with E-state index in [1.54, 1.807) is 24.3 Å². The predicted octanol–water partition coefficient (Wildman–Crippen LogP) is 0.995. The van der Waals surface area contributed by atoms with E-state index in [4.69, 9.17) is 4.74 Å².